The summed E-state index contributed by atoms with van der Waals surface area (Å²) in [5.74, 6) is -0.704. The monoisotopic (exact) mass is 250 g/mol. The number of halogens is 1. The molecule has 0 bridgehead atoms. The van der Waals surface area contributed by atoms with Crippen LogP contribution in [-0.2, 0) is 0 Å². The Kier molecular flexibility index (Phi) is 5.67. The Labute approximate surface area is 105 Å². The van der Waals surface area contributed by atoms with Crippen LogP contribution in [0.4, 0.5) is 4.39 Å². The first kappa shape index (κ1) is 14.0. The van der Waals surface area contributed by atoms with Gasteiger partial charge in [-0.25, -0.2) is 4.39 Å². The molecule has 0 heterocycles. The summed E-state index contributed by atoms with van der Waals surface area (Å²) in [7, 11) is 0. The summed E-state index contributed by atoms with van der Waals surface area (Å²) in [5.41, 5.74) is 9.16. The van der Waals surface area contributed by atoms with Gasteiger partial charge in [-0.2, -0.15) is 0 Å². The van der Waals surface area contributed by atoms with E-state index in [1.165, 1.54) is 12.1 Å². The Morgan fingerprint density at radius 3 is 3.00 bits per heavy atom. The van der Waals surface area contributed by atoms with Gasteiger partial charge in [0.25, 0.3) is 5.91 Å². The molecular formula is C12H15FN4O. The number of carbonyl (C=O) groups excluding carboxylic acids is 1. The maximum atomic E-state index is 13.0. The second-order valence-electron chi connectivity index (χ2n) is 3.88. The molecule has 0 atom stereocenters. The lowest BCUT2D eigenvalue weighted by Gasteiger charge is -2.07. The van der Waals surface area contributed by atoms with Crippen LogP contribution in [0.2, 0.25) is 0 Å². The number of hydrogen-bond acceptors (Lipinski definition) is 2. The minimum atomic E-state index is -0.422. The molecule has 0 radical (unpaired) electrons. The number of nitrogens with one attached hydrogen (secondary N) is 1. The van der Waals surface area contributed by atoms with E-state index in [-0.39, 0.29) is 5.91 Å². The number of nitrogens with zero attached hydrogens (tertiary/aromatic N) is 3. The van der Waals surface area contributed by atoms with Gasteiger partial charge >= 0.3 is 0 Å². The zero-order valence-corrected chi connectivity index (χ0v) is 10.2. The Morgan fingerprint density at radius 2 is 2.28 bits per heavy atom. The first-order valence-electron chi connectivity index (χ1n) is 5.70. The van der Waals surface area contributed by atoms with Gasteiger partial charge in [-0.15, -0.1) is 0 Å². The summed E-state index contributed by atoms with van der Waals surface area (Å²) in [4.78, 5) is 14.4. The van der Waals surface area contributed by atoms with Crippen molar-refractivity contribution in [3.05, 3.63) is 45.6 Å². The zero-order chi connectivity index (χ0) is 13.4. The summed E-state index contributed by atoms with van der Waals surface area (Å²) >= 11 is 0. The van der Waals surface area contributed by atoms with Gasteiger partial charge in [-0.05, 0) is 43.0 Å². The van der Waals surface area contributed by atoms with E-state index < -0.39 is 5.82 Å². The first-order chi connectivity index (χ1) is 8.65. The van der Waals surface area contributed by atoms with Crippen LogP contribution < -0.4 is 5.32 Å². The topological polar surface area (TPSA) is 77.9 Å². The maximum absolute atomic E-state index is 13.0. The normalized spacial score (nSPS) is 9.67. The van der Waals surface area contributed by atoms with Crippen molar-refractivity contribution < 1.29 is 9.18 Å². The van der Waals surface area contributed by atoms with E-state index in [1.54, 1.807) is 13.0 Å². The molecule has 0 aliphatic heterocycles. The highest BCUT2D eigenvalue weighted by atomic mass is 19.1. The number of rotatable bonds is 6. The van der Waals surface area contributed by atoms with E-state index in [0.29, 0.717) is 25.1 Å². The molecule has 5 nitrogen and oxygen atoms in total. The van der Waals surface area contributed by atoms with Crippen molar-refractivity contribution in [2.75, 3.05) is 13.1 Å². The van der Waals surface area contributed by atoms with Crippen LogP contribution in [0.3, 0.4) is 0 Å². The quantitative estimate of drug-likeness (QED) is 0.358. The van der Waals surface area contributed by atoms with Crippen LogP contribution in [0.25, 0.3) is 10.4 Å². The van der Waals surface area contributed by atoms with Gasteiger partial charge in [0.05, 0.1) is 0 Å². The van der Waals surface area contributed by atoms with E-state index >= 15 is 0 Å². The fourth-order valence-corrected chi connectivity index (χ4v) is 1.49. The van der Waals surface area contributed by atoms with E-state index in [1.807, 2.05) is 0 Å². The lowest BCUT2D eigenvalue weighted by atomic mass is 10.1. The smallest absolute Gasteiger partial charge is 0.251 e. The van der Waals surface area contributed by atoms with Gasteiger partial charge in [-0.1, -0.05) is 11.2 Å². The minimum Gasteiger partial charge on any atom is -0.352 e. The van der Waals surface area contributed by atoms with Crippen molar-refractivity contribution in [3.63, 3.8) is 0 Å². The molecule has 1 aromatic rings. The van der Waals surface area contributed by atoms with Crippen molar-refractivity contribution in [1.82, 2.24) is 5.32 Å². The summed E-state index contributed by atoms with van der Waals surface area (Å²) in [6.45, 7) is 2.66. The molecule has 0 aliphatic carbocycles. The average molecular weight is 250 g/mol. The Bertz CT molecular complexity index is 469. The molecule has 0 aromatic heterocycles. The molecule has 0 saturated heterocycles. The van der Waals surface area contributed by atoms with Crippen LogP contribution in [0.5, 0.6) is 0 Å². The molecule has 1 rings (SSSR count). The fraction of sp³-hybridized carbons (Fsp3) is 0.417. The van der Waals surface area contributed by atoms with Crippen molar-refractivity contribution >= 4 is 5.91 Å². The number of aryl methyl sites for hydroxylation is 1. The standard InChI is InChI=1S/C12H15FN4O/c1-9-4-5-10(13)8-11(9)12(18)15-6-2-3-7-16-17-14/h4-5,8H,2-3,6-7H2,1H3,(H,15,18). The highest BCUT2D eigenvalue weighted by molar-refractivity contribution is 5.95. The first-order valence-corrected chi connectivity index (χ1v) is 5.70. The zero-order valence-electron chi connectivity index (χ0n) is 10.2. The molecule has 1 N–H and O–H groups in total. The third-order valence-corrected chi connectivity index (χ3v) is 2.48. The molecular weight excluding hydrogens is 235 g/mol. The number of hydrogen-bond donors (Lipinski definition) is 1. The van der Waals surface area contributed by atoms with E-state index in [9.17, 15) is 9.18 Å². The van der Waals surface area contributed by atoms with Crippen molar-refractivity contribution in [2.45, 2.75) is 19.8 Å². The lowest BCUT2D eigenvalue weighted by Crippen LogP contribution is -2.25. The highest BCUT2D eigenvalue weighted by Gasteiger charge is 2.08. The second-order valence-corrected chi connectivity index (χ2v) is 3.88. The van der Waals surface area contributed by atoms with Gasteiger partial charge in [-0.3, -0.25) is 4.79 Å². The summed E-state index contributed by atoms with van der Waals surface area (Å²) in [5, 5.41) is 6.09. The summed E-state index contributed by atoms with van der Waals surface area (Å²) in [6.07, 6.45) is 1.44. The molecule has 0 fully saturated rings. The SMILES string of the molecule is Cc1ccc(F)cc1C(=O)NCCCCN=[N+]=[N-]. The molecule has 0 spiro atoms. The lowest BCUT2D eigenvalue weighted by molar-refractivity contribution is 0.0952. The van der Waals surface area contributed by atoms with E-state index in [4.69, 9.17) is 5.53 Å². The van der Waals surface area contributed by atoms with Gasteiger partial charge < -0.3 is 5.32 Å². The average Bonchev–Trinajstić information content (AvgIpc) is 2.36. The largest absolute Gasteiger partial charge is 0.352 e. The van der Waals surface area contributed by atoms with Gasteiger partial charge in [0.2, 0.25) is 0 Å². The summed E-state index contributed by atoms with van der Waals surface area (Å²) in [6, 6.07) is 4.13. The van der Waals surface area contributed by atoms with Crippen LogP contribution >= 0.6 is 0 Å². The molecule has 96 valence electrons. The number of azide groups is 1. The Balaban J connectivity index is 2.41. The molecule has 1 aromatic carbocycles. The molecule has 6 heteroatoms. The van der Waals surface area contributed by atoms with Gasteiger partial charge in [0.1, 0.15) is 5.82 Å². The third-order valence-electron chi connectivity index (χ3n) is 2.48. The third kappa shape index (κ3) is 4.43. The van der Waals surface area contributed by atoms with Crippen LogP contribution in [0, 0.1) is 12.7 Å². The number of benzene rings is 1. The van der Waals surface area contributed by atoms with Crippen molar-refractivity contribution in [3.8, 4) is 0 Å². The van der Waals surface area contributed by atoms with Crippen LogP contribution in [-0.4, -0.2) is 19.0 Å². The molecule has 0 saturated carbocycles. The number of carbonyl (C=O) groups is 1. The molecule has 1 amide bonds. The van der Waals surface area contributed by atoms with Gasteiger partial charge in [0.15, 0.2) is 0 Å². The van der Waals surface area contributed by atoms with Crippen molar-refractivity contribution in [2.24, 2.45) is 5.11 Å². The Morgan fingerprint density at radius 1 is 1.50 bits per heavy atom. The number of amides is 1. The minimum absolute atomic E-state index is 0.282. The van der Waals surface area contributed by atoms with E-state index in [0.717, 1.165) is 12.0 Å². The maximum Gasteiger partial charge on any atom is 0.251 e. The van der Waals surface area contributed by atoms with Crippen LogP contribution in [0.15, 0.2) is 23.3 Å². The van der Waals surface area contributed by atoms with Crippen molar-refractivity contribution in [1.29, 1.82) is 0 Å². The van der Waals surface area contributed by atoms with E-state index in [2.05, 4.69) is 15.3 Å². The fourth-order valence-electron chi connectivity index (χ4n) is 1.49. The molecule has 18 heavy (non-hydrogen) atoms. The van der Waals surface area contributed by atoms with Crippen LogP contribution in [0.1, 0.15) is 28.8 Å². The molecule has 0 aliphatic rings. The van der Waals surface area contributed by atoms with Gasteiger partial charge in [0, 0.05) is 23.6 Å². The Hall–Kier alpha value is -2.07. The number of unbranched alkanes of at least 4 members (excludes halogenated alkanes) is 1. The predicted octanol–water partition coefficient (Wildman–Crippen LogP) is 2.95. The highest BCUT2D eigenvalue weighted by Crippen LogP contribution is 2.09. The predicted molar refractivity (Wildman–Crippen MR) is 66.7 cm³/mol. The molecule has 0 unspecified atom stereocenters. The summed E-state index contributed by atoms with van der Waals surface area (Å²) < 4.78 is 13.0. The second kappa shape index (κ2) is 7.29.